The van der Waals surface area contributed by atoms with E-state index in [4.69, 9.17) is 4.74 Å². The van der Waals surface area contributed by atoms with E-state index in [-0.39, 0.29) is 13.0 Å². The van der Waals surface area contributed by atoms with Crippen LogP contribution < -0.4 is 0 Å². The molecule has 1 atom stereocenters. The highest BCUT2D eigenvalue weighted by Gasteiger charge is 2.38. The van der Waals surface area contributed by atoms with Gasteiger partial charge in [-0.2, -0.15) is 4.31 Å². The molecule has 0 spiro atoms. The van der Waals surface area contributed by atoms with Crippen molar-refractivity contribution in [2.75, 3.05) is 20.2 Å². The van der Waals surface area contributed by atoms with Gasteiger partial charge < -0.3 is 4.74 Å². The van der Waals surface area contributed by atoms with E-state index in [1.807, 2.05) is 54.6 Å². The van der Waals surface area contributed by atoms with Gasteiger partial charge >= 0.3 is 5.97 Å². The van der Waals surface area contributed by atoms with Gasteiger partial charge in [0.25, 0.3) is 0 Å². The van der Waals surface area contributed by atoms with Crippen LogP contribution in [0.25, 0.3) is 16.7 Å². The van der Waals surface area contributed by atoms with E-state index in [0.717, 1.165) is 27.8 Å². The first-order chi connectivity index (χ1) is 17.0. The van der Waals surface area contributed by atoms with Crippen LogP contribution in [0.5, 0.6) is 0 Å². The lowest BCUT2D eigenvalue weighted by Crippen LogP contribution is -2.44. The van der Waals surface area contributed by atoms with Crippen molar-refractivity contribution in [3.63, 3.8) is 0 Å². The average Bonchev–Trinajstić information content (AvgIpc) is 2.92. The van der Waals surface area contributed by atoms with Gasteiger partial charge in [0.05, 0.1) is 7.11 Å². The number of hydrogen-bond donors (Lipinski definition) is 0. The van der Waals surface area contributed by atoms with Crippen LogP contribution in [0.1, 0.15) is 30.4 Å². The van der Waals surface area contributed by atoms with Gasteiger partial charge in [-0.05, 0) is 53.5 Å². The summed E-state index contributed by atoms with van der Waals surface area (Å²) in [5.74, 6) is -0.690. The van der Waals surface area contributed by atoms with Crippen molar-refractivity contribution in [3.8, 4) is 11.1 Å². The number of carbonyl (C=O) groups is 1. The molecular weight excluding hydrogens is 458 g/mol. The molecule has 5 nitrogen and oxygen atoms in total. The Hall–Kier alpha value is -3.22. The van der Waals surface area contributed by atoms with Crippen molar-refractivity contribution in [1.82, 2.24) is 4.31 Å². The highest BCUT2D eigenvalue weighted by molar-refractivity contribution is 7.90. The Bertz CT molecular complexity index is 1250. The summed E-state index contributed by atoms with van der Waals surface area (Å²) in [6.07, 6.45) is 4.09. The molecule has 0 saturated carbocycles. The topological polar surface area (TPSA) is 63.7 Å². The predicted molar refractivity (Wildman–Crippen MR) is 140 cm³/mol. The number of carbonyl (C=O) groups excluding carboxylic acids is 1. The molecule has 182 valence electrons. The van der Waals surface area contributed by atoms with Crippen LogP contribution in [0, 0.1) is 0 Å². The predicted octanol–water partition coefficient (Wildman–Crippen LogP) is 5.34. The summed E-state index contributed by atoms with van der Waals surface area (Å²) < 4.78 is 33.0. The molecule has 0 amide bonds. The molecule has 4 rings (SSSR count). The third-order valence-electron chi connectivity index (χ3n) is 6.49. The fourth-order valence-electron chi connectivity index (χ4n) is 4.49. The van der Waals surface area contributed by atoms with Crippen LogP contribution in [0.2, 0.25) is 0 Å². The first kappa shape index (κ1) is 24.9. The van der Waals surface area contributed by atoms with Crippen LogP contribution in [0.3, 0.4) is 0 Å². The summed E-state index contributed by atoms with van der Waals surface area (Å²) in [6.45, 7) is 0.602. The monoisotopic (exact) mass is 489 g/mol. The minimum atomic E-state index is -3.82. The number of methoxy groups -OCH3 is 1. The van der Waals surface area contributed by atoms with Gasteiger partial charge in [0.15, 0.2) is 5.25 Å². The molecular formula is C29H31NO4S. The van der Waals surface area contributed by atoms with Crippen molar-refractivity contribution < 1.29 is 17.9 Å². The first-order valence-corrected chi connectivity index (χ1v) is 13.4. The van der Waals surface area contributed by atoms with Crippen molar-refractivity contribution in [3.05, 3.63) is 102 Å². The van der Waals surface area contributed by atoms with Gasteiger partial charge in [-0.3, -0.25) is 4.79 Å². The molecule has 0 radical (unpaired) electrons. The minimum absolute atomic E-state index is 0.234. The smallest absolute Gasteiger partial charge is 0.325 e. The normalized spacial score (nSPS) is 15.3. The lowest BCUT2D eigenvalue weighted by atomic mass is 9.97. The number of nitrogens with zero attached hydrogens (tertiary/aromatic N) is 1. The van der Waals surface area contributed by atoms with E-state index in [1.165, 1.54) is 11.4 Å². The maximum atomic E-state index is 13.4. The molecule has 0 aliphatic carbocycles. The number of aryl methyl sites for hydroxylation is 1. The van der Waals surface area contributed by atoms with E-state index in [0.29, 0.717) is 25.8 Å². The maximum Gasteiger partial charge on any atom is 0.325 e. The number of sulfonamides is 1. The van der Waals surface area contributed by atoms with Gasteiger partial charge in [-0.25, -0.2) is 8.42 Å². The van der Waals surface area contributed by atoms with Gasteiger partial charge in [0.2, 0.25) is 10.0 Å². The molecule has 35 heavy (non-hydrogen) atoms. The summed E-state index contributed by atoms with van der Waals surface area (Å²) in [6, 6.07) is 28.4. The zero-order valence-corrected chi connectivity index (χ0v) is 20.8. The summed E-state index contributed by atoms with van der Waals surface area (Å²) >= 11 is 0. The number of hydrogen-bond acceptors (Lipinski definition) is 4. The summed E-state index contributed by atoms with van der Waals surface area (Å²) in [5.41, 5.74) is 5.64. The Morgan fingerprint density at radius 3 is 2.09 bits per heavy atom. The second-order valence-corrected chi connectivity index (χ2v) is 10.8. The highest BCUT2D eigenvalue weighted by atomic mass is 32.2. The molecule has 3 aromatic rings. The summed E-state index contributed by atoms with van der Waals surface area (Å²) in [7, 11) is -2.58. The molecule has 0 fully saturated rings. The molecule has 3 aromatic carbocycles. The van der Waals surface area contributed by atoms with Crippen molar-refractivity contribution >= 4 is 21.6 Å². The van der Waals surface area contributed by atoms with Crippen molar-refractivity contribution in [2.24, 2.45) is 0 Å². The number of benzene rings is 3. The van der Waals surface area contributed by atoms with Crippen LogP contribution >= 0.6 is 0 Å². The number of esters is 1. The Labute approximate surface area is 208 Å². The van der Waals surface area contributed by atoms with Crippen molar-refractivity contribution in [1.29, 1.82) is 0 Å². The Balaban J connectivity index is 1.42. The SMILES string of the molecule is COC(=O)[C@@H](CCCc1ccccc1)S(=O)(=O)N1CC=C(c2ccc(-c3ccccc3)cc2)CC1. The van der Waals surface area contributed by atoms with Gasteiger partial charge in [-0.1, -0.05) is 91.0 Å². The largest absolute Gasteiger partial charge is 0.468 e. The molecule has 1 aliphatic rings. The molecule has 1 aliphatic heterocycles. The van der Waals surface area contributed by atoms with E-state index >= 15 is 0 Å². The van der Waals surface area contributed by atoms with Crippen LogP contribution in [-0.4, -0.2) is 44.1 Å². The van der Waals surface area contributed by atoms with Gasteiger partial charge in [0, 0.05) is 13.1 Å². The first-order valence-electron chi connectivity index (χ1n) is 11.9. The van der Waals surface area contributed by atoms with Crippen molar-refractivity contribution in [2.45, 2.75) is 30.9 Å². The van der Waals surface area contributed by atoms with E-state index in [9.17, 15) is 13.2 Å². The lowest BCUT2D eigenvalue weighted by molar-refractivity contribution is -0.140. The summed E-state index contributed by atoms with van der Waals surface area (Å²) in [5, 5.41) is -1.18. The standard InChI is InChI=1S/C29H31NO4S/c1-34-29(31)28(14-8-11-23-9-4-2-5-10-23)35(32,33)30-21-19-27(20-22-30)26-17-15-25(16-18-26)24-12-6-3-7-13-24/h2-7,9-10,12-13,15-19,28H,8,11,14,20-22H2,1H3/t28-/m1/s1. The van der Waals surface area contributed by atoms with Gasteiger partial charge in [-0.15, -0.1) is 0 Å². The quantitative estimate of drug-likeness (QED) is 0.381. The molecule has 6 heteroatoms. The zero-order valence-electron chi connectivity index (χ0n) is 20.0. The average molecular weight is 490 g/mol. The van der Waals surface area contributed by atoms with Crippen LogP contribution in [0.4, 0.5) is 0 Å². The summed E-state index contributed by atoms with van der Waals surface area (Å²) in [4.78, 5) is 12.4. The third-order valence-corrected chi connectivity index (χ3v) is 8.69. The second kappa shape index (κ2) is 11.5. The molecule has 0 aromatic heterocycles. The molecule has 0 unspecified atom stereocenters. The Morgan fingerprint density at radius 2 is 1.49 bits per heavy atom. The maximum absolute atomic E-state index is 13.4. The third kappa shape index (κ3) is 6.08. The van der Waals surface area contributed by atoms with Gasteiger partial charge in [0.1, 0.15) is 0 Å². The number of rotatable bonds is 9. The molecule has 0 saturated heterocycles. The lowest BCUT2D eigenvalue weighted by Gasteiger charge is -2.29. The Morgan fingerprint density at radius 1 is 0.886 bits per heavy atom. The molecule has 0 bridgehead atoms. The minimum Gasteiger partial charge on any atom is -0.468 e. The van der Waals surface area contributed by atoms with Crippen LogP contribution in [-0.2, 0) is 26.0 Å². The van der Waals surface area contributed by atoms with E-state index in [2.05, 4.69) is 36.4 Å². The Kier molecular flexibility index (Phi) is 8.16. The fourth-order valence-corrected chi connectivity index (χ4v) is 6.28. The fraction of sp³-hybridized carbons (Fsp3) is 0.276. The molecule has 1 heterocycles. The highest BCUT2D eigenvalue weighted by Crippen LogP contribution is 2.28. The van der Waals surface area contributed by atoms with E-state index in [1.54, 1.807) is 0 Å². The second-order valence-electron chi connectivity index (χ2n) is 8.72. The number of ether oxygens (including phenoxy) is 1. The van der Waals surface area contributed by atoms with Crippen LogP contribution in [0.15, 0.2) is 91.0 Å². The zero-order chi connectivity index (χ0) is 24.7. The molecule has 0 N–H and O–H groups in total. The van der Waals surface area contributed by atoms with E-state index < -0.39 is 21.2 Å².